The number of benzene rings is 1. The second-order valence-corrected chi connectivity index (χ2v) is 5.30. The predicted molar refractivity (Wildman–Crippen MR) is 77.7 cm³/mol. The van der Waals surface area contributed by atoms with Crippen LogP contribution in [0.2, 0.25) is 0 Å². The summed E-state index contributed by atoms with van der Waals surface area (Å²) in [7, 11) is 0. The minimum atomic E-state index is -1.12. The summed E-state index contributed by atoms with van der Waals surface area (Å²) in [6, 6.07) is 2.76. The maximum Gasteiger partial charge on any atom is 0.337 e. The Balaban J connectivity index is 2.43. The molecule has 2 rings (SSSR count). The summed E-state index contributed by atoms with van der Waals surface area (Å²) in [6.07, 6.45) is 5.21. The fraction of sp³-hybridized carbons (Fsp3) is 0.533. The summed E-state index contributed by atoms with van der Waals surface area (Å²) in [6.45, 7) is 2.84. The molecule has 0 spiro atoms. The first-order chi connectivity index (χ1) is 9.54. The Labute approximate surface area is 118 Å². The van der Waals surface area contributed by atoms with Crippen LogP contribution in [0.25, 0.3) is 0 Å². The van der Waals surface area contributed by atoms with Gasteiger partial charge in [-0.15, -0.1) is 0 Å². The number of nitrogens with zero attached hydrogens (tertiary/aromatic N) is 1. The maximum atomic E-state index is 14.2. The lowest BCUT2D eigenvalue weighted by Crippen LogP contribution is -2.35. The first-order valence-electron chi connectivity index (χ1n) is 7.13. The molecule has 0 amide bonds. The van der Waals surface area contributed by atoms with Crippen molar-refractivity contribution in [2.24, 2.45) is 0 Å². The molecule has 1 unspecified atom stereocenters. The molecule has 3 N–H and O–H groups in total. The van der Waals surface area contributed by atoms with Gasteiger partial charge in [0.05, 0.1) is 11.3 Å². The highest BCUT2D eigenvalue weighted by atomic mass is 19.1. The van der Waals surface area contributed by atoms with E-state index in [1.807, 2.05) is 4.90 Å². The number of nitrogens with two attached hydrogens (primary N) is 1. The van der Waals surface area contributed by atoms with Gasteiger partial charge in [0.1, 0.15) is 5.82 Å². The number of carbonyl (C=O) groups is 1. The molecule has 1 aliphatic rings. The van der Waals surface area contributed by atoms with Gasteiger partial charge in [-0.2, -0.15) is 0 Å². The molecule has 1 fully saturated rings. The third kappa shape index (κ3) is 2.86. The van der Waals surface area contributed by atoms with Gasteiger partial charge in [0.25, 0.3) is 0 Å². The van der Waals surface area contributed by atoms with E-state index in [0.29, 0.717) is 5.69 Å². The molecule has 0 radical (unpaired) electrons. The summed E-state index contributed by atoms with van der Waals surface area (Å²) in [5, 5.41) is 9.14. The molecule has 1 heterocycles. The first kappa shape index (κ1) is 14.6. The first-order valence-corrected chi connectivity index (χ1v) is 7.13. The third-order valence-electron chi connectivity index (χ3n) is 4.01. The van der Waals surface area contributed by atoms with Crippen molar-refractivity contribution in [2.75, 3.05) is 17.2 Å². The molecule has 1 saturated heterocycles. The third-order valence-corrected chi connectivity index (χ3v) is 4.01. The Hall–Kier alpha value is -1.78. The van der Waals surface area contributed by atoms with Gasteiger partial charge < -0.3 is 15.7 Å². The van der Waals surface area contributed by atoms with Gasteiger partial charge in [0, 0.05) is 18.3 Å². The highest BCUT2D eigenvalue weighted by Crippen LogP contribution is 2.31. The van der Waals surface area contributed by atoms with Crippen LogP contribution in [0.5, 0.6) is 0 Å². The van der Waals surface area contributed by atoms with Crippen LogP contribution in [0.1, 0.15) is 49.4 Å². The molecule has 1 atom stereocenters. The minimum absolute atomic E-state index is 0.0263. The van der Waals surface area contributed by atoms with Crippen molar-refractivity contribution in [2.45, 2.75) is 45.1 Å². The maximum absolute atomic E-state index is 14.2. The molecule has 20 heavy (non-hydrogen) atoms. The normalized spacial score (nSPS) is 19.7. The van der Waals surface area contributed by atoms with Gasteiger partial charge in [-0.3, -0.25) is 0 Å². The van der Waals surface area contributed by atoms with E-state index >= 15 is 0 Å². The van der Waals surface area contributed by atoms with Crippen molar-refractivity contribution >= 4 is 17.3 Å². The van der Waals surface area contributed by atoms with Crippen molar-refractivity contribution in [1.82, 2.24) is 0 Å². The fourth-order valence-corrected chi connectivity index (χ4v) is 2.90. The van der Waals surface area contributed by atoms with Crippen LogP contribution in [-0.4, -0.2) is 23.7 Å². The summed E-state index contributed by atoms with van der Waals surface area (Å²) < 4.78 is 14.2. The van der Waals surface area contributed by atoms with E-state index in [-0.39, 0.29) is 17.3 Å². The van der Waals surface area contributed by atoms with Crippen LogP contribution in [0.4, 0.5) is 15.8 Å². The van der Waals surface area contributed by atoms with Crippen LogP contribution in [0, 0.1) is 5.82 Å². The molecule has 110 valence electrons. The number of carboxylic acids is 1. The minimum Gasteiger partial charge on any atom is -0.478 e. The lowest BCUT2D eigenvalue weighted by Gasteiger charge is -2.32. The van der Waals surface area contributed by atoms with E-state index in [1.54, 1.807) is 0 Å². The molecule has 4 nitrogen and oxygen atoms in total. The monoisotopic (exact) mass is 280 g/mol. The van der Waals surface area contributed by atoms with Crippen molar-refractivity contribution in [3.05, 3.63) is 23.5 Å². The topological polar surface area (TPSA) is 66.6 Å². The van der Waals surface area contributed by atoms with Crippen molar-refractivity contribution < 1.29 is 14.3 Å². The summed E-state index contributed by atoms with van der Waals surface area (Å²) >= 11 is 0. The SMILES string of the molecule is CCC1CCCCCN1c1cc(C(=O)O)c(N)cc1F. The van der Waals surface area contributed by atoms with Gasteiger partial charge in [-0.05, 0) is 31.4 Å². The molecule has 0 aromatic heterocycles. The van der Waals surface area contributed by atoms with Crippen LogP contribution < -0.4 is 10.6 Å². The lowest BCUT2D eigenvalue weighted by molar-refractivity contribution is 0.0698. The molecule has 1 aromatic carbocycles. The highest BCUT2D eigenvalue weighted by Gasteiger charge is 2.24. The van der Waals surface area contributed by atoms with E-state index in [0.717, 1.165) is 44.7 Å². The Bertz CT molecular complexity index is 505. The smallest absolute Gasteiger partial charge is 0.337 e. The number of halogens is 1. The zero-order valence-electron chi connectivity index (χ0n) is 11.7. The number of anilines is 2. The number of hydrogen-bond donors (Lipinski definition) is 2. The van der Waals surface area contributed by atoms with Crippen molar-refractivity contribution in [1.29, 1.82) is 0 Å². The molecule has 1 aliphatic heterocycles. The van der Waals surface area contributed by atoms with Crippen molar-refractivity contribution in [3.63, 3.8) is 0 Å². The summed E-state index contributed by atoms with van der Waals surface area (Å²) in [5.41, 5.74) is 5.89. The molecule has 5 heteroatoms. The Morgan fingerprint density at radius 1 is 1.45 bits per heavy atom. The molecular formula is C15H21FN2O2. The summed E-state index contributed by atoms with van der Waals surface area (Å²) in [4.78, 5) is 13.2. The predicted octanol–water partition coefficient (Wildman–Crippen LogP) is 3.27. The molecular weight excluding hydrogens is 259 g/mol. The number of nitrogen functional groups attached to an aromatic ring is 1. The van der Waals surface area contributed by atoms with Crippen LogP contribution >= 0.6 is 0 Å². The van der Waals surface area contributed by atoms with Gasteiger partial charge in [-0.25, -0.2) is 9.18 Å². The van der Waals surface area contributed by atoms with E-state index in [9.17, 15) is 9.18 Å². The van der Waals surface area contributed by atoms with E-state index < -0.39 is 11.8 Å². The van der Waals surface area contributed by atoms with E-state index in [4.69, 9.17) is 10.8 Å². The fourth-order valence-electron chi connectivity index (χ4n) is 2.90. The highest BCUT2D eigenvalue weighted by molar-refractivity contribution is 5.95. The summed E-state index contributed by atoms with van der Waals surface area (Å²) in [5.74, 6) is -1.56. The Kier molecular flexibility index (Phi) is 4.47. The molecule has 1 aromatic rings. The van der Waals surface area contributed by atoms with E-state index in [2.05, 4.69) is 6.92 Å². The number of aromatic carboxylic acids is 1. The Morgan fingerprint density at radius 3 is 2.85 bits per heavy atom. The largest absolute Gasteiger partial charge is 0.478 e. The van der Waals surface area contributed by atoms with Gasteiger partial charge in [-0.1, -0.05) is 19.8 Å². The lowest BCUT2D eigenvalue weighted by atomic mass is 10.1. The zero-order chi connectivity index (χ0) is 14.7. The van der Waals surface area contributed by atoms with Gasteiger partial charge >= 0.3 is 5.97 Å². The van der Waals surface area contributed by atoms with E-state index in [1.165, 1.54) is 6.07 Å². The van der Waals surface area contributed by atoms with Gasteiger partial charge in [0.2, 0.25) is 0 Å². The van der Waals surface area contributed by atoms with Crippen LogP contribution in [0.3, 0.4) is 0 Å². The average Bonchev–Trinajstić information content (AvgIpc) is 2.63. The van der Waals surface area contributed by atoms with Crippen LogP contribution in [0.15, 0.2) is 12.1 Å². The standard InChI is InChI=1S/C15H21FN2O2/c1-2-10-6-4-3-5-7-18(10)14-8-11(15(19)20)13(17)9-12(14)16/h8-10H,2-7,17H2,1H3,(H,19,20). The van der Waals surface area contributed by atoms with Crippen molar-refractivity contribution in [3.8, 4) is 0 Å². The van der Waals surface area contributed by atoms with Crippen LogP contribution in [-0.2, 0) is 0 Å². The average molecular weight is 280 g/mol. The quantitative estimate of drug-likeness (QED) is 0.834. The zero-order valence-corrected chi connectivity index (χ0v) is 11.7. The Morgan fingerprint density at radius 2 is 2.20 bits per heavy atom. The second-order valence-electron chi connectivity index (χ2n) is 5.30. The second kappa shape index (κ2) is 6.11. The number of hydrogen-bond acceptors (Lipinski definition) is 3. The number of rotatable bonds is 3. The molecule has 0 saturated carbocycles. The van der Waals surface area contributed by atoms with Gasteiger partial charge in [0.15, 0.2) is 0 Å². The number of carboxylic acid groups (broad SMARTS) is 1. The molecule has 0 bridgehead atoms. The molecule has 0 aliphatic carbocycles.